The van der Waals surface area contributed by atoms with E-state index < -0.39 is 49.3 Å². The number of nitrogens with one attached hydrogen (secondary N) is 1. The quantitative estimate of drug-likeness (QED) is 0.511. The normalized spacial score (nSPS) is 11.9. The Hall–Kier alpha value is -3.12. The Morgan fingerprint density at radius 2 is 1.53 bits per heavy atom. The number of hydrogen-bond donors (Lipinski definition) is 1. The van der Waals surface area contributed by atoms with E-state index in [1.807, 2.05) is 0 Å². The smallest absolute Gasteiger partial charge is 0.322 e. The van der Waals surface area contributed by atoms with Crippen molar-refractivity contribution in [2.24, 2.45) is 0 Å². The molecule has 1 amide bonds. The van der Waals surface area contributed by atoms with Crippen LogP contribution in [0.3, 0.4) is 0 Å². The molecule has 0 fully saturated rings. The fourth-order valence-electron chi connectivity index (χ4n) is 2.40. The maximum atomic E-state index is 12.9. The number of sulfone groups is 2. The Kier molecular flexibility index (Phi) is 6.27. The molecular weight excluding hydrogens is 437 g/mol. The van der Waals surface area contributed by atoms with Crippen molar-refractivity contribution in [2.75, 3.05) is 11.1 Å². The zero-order valence-corrected chi connectivity index (χ0v) is 17.0. The van der Waals surface area contributed by atoms with Gasteiger partial charge in [-0.05, 0) is 36.4 Å². The number of nitrogens with zero attached hydrogens (tertiary/aromatic N) is 2. The van der Waals surface area contributed by atoms with Gasteiger partial charge in [0.25, 0.3) is 0 Å². The number of anilines is 1. The second-order valence-electron chi connectivity index (χ2n) is 6.14. The van der Waals surface area contributed by atoms with Crippen LogP contribution >= 0.6 is 0 Å². The molecule has 0 bridgehead atoms. The van der Waals surface area contributed by atoms with Gasteiger partial charge in [-0.15, -0.1) is 5.10 Å². The van der Waals surface area contributed by atoms with Crippen molar-refractivity contribution in [1.29, 1.82) is 0 Å². The molecule has 1 heterocycles. The first-order valence-corrected chi connectivity index (χ1v) is 11.8. The van der Waals surface area contributed by atoms with Gasteiger partial charge in [-0.25, -0.2) is 21.2 Å². The standard InChI is InChI=1S/C18H16FN3O6S2/c19-13-6-8-15(9-7-13)29(24,25)11-10-16(23)20-18-22-21-17(28-18)12-30(26,27)14-4-2-1-3-5-14/h1-9H,10-12H2,(H,20,22,23). The van der Waals surface area contributed by atoms with Gasteiger partial charge in [0.15, 0.2) is 19.7 Å². The summed E-state index contributed by atoms with van der Waals surface area (Å²) in [4.78, 5) is 12.0. The average molecular weight is 453 g/mol. The van der Waals surface area contributed by atoms with Crippen molar-refractivity contribution in [3.63, 3.8) is 0 Å². The fourth-order valence-corrected chi connectivity index (χ4v) is 4.83. The summed E-state index contributed by atoms with van der Waals surface area (Å²) in [6.07, 6.45) is -0.417. The predicted octanol–water partition coefficient (Wildman–Crippen LogP) is 1.99. The van der Waals surface area contributed by atoms with Crippen molar-refractivity contribution < 1.29 is 30.4 Å². The van der Waals surface area contributed by atoms with E-state index >= 15 is 0 Å². The lowest BCUT2D eigenvalue weighted by atomic mass is 10.4. The molecule has 3 rings (SSSR count). The molecule has 0 radical (unpaired) electrons. The second-order valence-corrected chi connectivity index (χ2v) is 10.2. The summed E-state index contributed by atoms with van der Waals surface area (Å²) < 4.78 is 67.0. The Bertz CT molecular complexity index is 1240. The van der Waals surface area contributed by atoms with Gasteiger partial charge in [0.2, 0.25) is 11.8 Å². The van der Waals surface area contributed by atoms with Crippen LogP contribution in [0.1, 0.15) is 12.3 Å². The van der Waals surface area contributed by atoms with Crippen molar-refractivity contribution in [1.82, 2.24) is 10.2 Å². The first kappa shape index (κ1) is 21.6. The van der Waals surface area contributed by atoms with Gasteiger partial charge < -0.3 is 4.42 Å². The van der Waals surface area contributed by atoms with Gasteiger partial charge >= 0.3 is 6.01 Å². The molecule has 1 N–H and O–H groups in total. The Labute approximate surface area is 171 Å². The number of aromatic nitrogens is 2. The summed E-state index contributed by atoms with van der Waals surface area (Å²) in [5.41, 5.74) is 0. The highest BCUT2D eigenvalue weighted by Crippen LogP contribution is 2.17. The van der Waals surface area contributed by atoms with Crippen molar-refractivity contribution in [3.05, 3.63) is 66.3 Å². The molecule has 0 saturated heterocycles. The van der Waals surface area contributed by atoms with Crippen LogP contribution in [0, 0.1) is 5.82 Å². The largest absolute Gasteiger partial charge is 0.407 e. The van der Waals surface area contributed by atoms with Crippen LogP contribution in [0.4, 0.5) is 10.4 Å². The topological polar surface area (TPSA) is 136 Å². The highest BCUT2D eigenvalue weighted by Gasteiger charge is 2.21. The highest BCUT2D eigenvalue weighted by atomic mass is 32.2. The molecule has 0 aliphatic heterocycles. The van der Waals surface area contributed by atoms with Crippen LogP contribution in [0.15, 0.2) is 68.8 Å². The number of halogens is 1. The molecule has 0 unspecified atom stereocenters. The predicted molar refractivity (Wildman–Crippen MR) is 103 cm³/mol. The van der Waals surface area contributed by atoms with Gasteiger partial charge in [0.1, 0.15) is 11.6 Å². The molecule has 2 aromatic carbocycles. The molecule has 0 spiro atoms. The first-order chi connectivity index (χ1) is 14.2. The molecule has 0 saturated carbocycles. The molecule has 9 nitrogen and oxygen atoms in total. The van der Waals surface area contributed by atoms with Crippen LogP contribution in [-0.2, 0) is 30.2 Å². The minimum atomic E-state index is -3.79. The van der Waals surface area contributed by atoms with Crippen LogP contribution in [0.25, 0.3) is 0 Å². The van der Waals surface area contributed by atoms with E-state index in [1.165, 1.54) is 12.1 Å². The Balaban J connectivity index is 1.58. The molecule has 0 aliphatic rings. The molecule has 30 heavy (non-hydrogen) atoms. The van der Waals surface area contributed by atoms with Gasteiger partial charge in [-0.2, -0.15) is 0 Å². The number of carbonyl (C=O) groups is 1. The van der Waals surface area contributed by atoms with Crippen molar-refractivity contribution in [2.45, 2.75) is 22.0 Å². The minimum Gasteiger partial charge on any atom is -0.407 e. The maximum absolute atomic E-state index is 12.9. The van der Waals surface area contributed by atoms with Crippen LogP contribution in [-0.4, -0.2) is 38.7 Å². The van der Waals surface area contributed by atoms with Crippen molar-refractivity contribution in [3.8, 4) is 0 Å². The number of benzene rings is 2. The summed E-state index contributed by atoms with van der Waals surface area (Å²) in [6.45, 7) is 0. The fraction of sp³-hybridized carbons (Fsp3) is 0.167. The van der Waals surface area contributed by atoms with Crippen LogP contribution in [0.2, 0.25) is 0 Å². The molecular formula is C18H16FN3O6S2. The molecule has 0 atom stereocenters. The number of amides is 1. The monoisotopic (exact) mass is 453 g/mol. The SMILES string of the molecule is O=C(CCS(=O)(=O)c1ccc(F)cc1)Nc1nnc(CS(=O)(=O)c2ccccc2)o1. The summed E-state index contributed by atoms with van der Waals surface area (Å²) in [6, 6.07) is 11.6. The lowest BCUT2D eigenvalue weighted by Crippen LogP contribution is -2.17. The average Bonchev–Trinajstić information content (AvgIpc) is 3.13. The van der Waals surface area contributed by atoms with Gasteiger partial charge in [-0.1, -0.05) is 23.3 Å². The number of hydrogen-bond acceptors (Lipinski definition) is 8. The zero-order chi connectivity index (χ0) is 21.8. The summed E-state index contributed by atoms with van der Waals surface area (Å²) in [5, 5.41) is 9.34. The van der Waals surface area contributed by atoms with E-state index in [2.05, 4.69) is 15.5 Å². The third-order valence-electron chi connectivity index (χ3n) is 3.90. The van der Waals surface area contributed by atoms with E-state index in [0.29, 0.717) is 0 Å². The van der Waals surface area contributed by atoms with Gasteiger partial charge in [0, 0.05) is 6.42 Å². The van der Waals surface area contributed by atoms with E-state index in [9.17, 15) is 26.0 Å². The van der Waals surface area contributed by atoms with Gasteiger partial charge in [-0.3, -0.25) is 10.1 Å². The number of carbonyl (C=O) groups excluding carboxylic acids is 1. The minimum absolute atomic E-state index is 0.0831. The lowest BCUT2D eigenvalue weighted by molar-refractivity contribution is -0.116. The summed E-state index contributed by atoms with van der Waals surface area (Å²) in [7, 11) is -7.49. The highest BCUT2D eigenvalue weighted by molar-refractivity contribution is 7.91. The Morgan fingerprint density at radius 1 is 0.900 bits per heavy atom. The van der Waals surface area contributed by atoms with E-state index in [-0.39, 0.29) is 21.7 Å². The number of rotatable bonds is 8. The molecule has 12 heteroatoms. The van der Waals surface area contributed by atoms with Crippen LogP contribution in [0.5, 0.6) is 0 Å². The molecule has 3 aromatic rings. The summed E-state index contributed by atoms with van der Waals surface area (Å²) in [5.74, 6) is -2.60. The van der Waals surface area contributed by atoms with Crippen molar-refractivity contribution >= 4 is 31.6 Å². The van der Waals surface area contributed by atoms with E-state index in [0.717, 1.165) is 24.3 Å². The maximum Gasteiger partial charge on any atom is 0.322 e. The van der Waals surface area contributed by atoms with Gasteiger partial charge in [0.05, 0.1) is 15.5 Å². The van der Waals surface area contributed by atoms with Crippen LogP contribution < -0.4 is 5.32 Å². The second kappa shape index (κ2) is 8.71. The Morgan fingerprint density at radius 3 is 2.20 bits per heavy atom. The third kappa shape index (κ3) is 5.48. The molecule has 0 aliphatic carbocycles. The summed E-state index contributed by atoms with van der Waals surface area (Å²) >= 11 is 0. The van der Waals surface area contributed by atoms with E-state index in [1.54, 1.807) is 18.2 Å². The third-order valence-corrected chi connectivity index (χ3v) is 7.25. The zero-order valence-electron chi connectivity index (χ0n) is 15.4. The molecule has 1 aromatic heterocycles. The molecule has 158 valence electrons. The first-order valence-electron chi connectivity index (χ1n) is 8.54. The lowest BCUT2D eigenvalue weighted by Gasteiger charge is -2.04. The van der Waals surface area contributed by atoms with E-state index in [4.69, 9.17) is 4.42 Å².